The number of rotatable bonds is 0. The smallest absolute Gasteiger partial charge is 0.0409 e. The third-order valence-electron chi connectivity index (χ3n) is 2.82. The van der Waals surface area contributed by atoms with Crippen molar-refractivity contribution in [3.05, 3.63) is 34.3 Å². The van der Waals surface area contributed by atoms with E-state index in [4.69, 9.17) is 11.6 Å². The van der Waals surface area contributed by atoms with Crippen LogP contribution in [0.15, 0.2) is 18.2 Å². The first kappa shape index (κ1) is 8.12. The Morgan fingerprint density at radius 1 is 1.33 bits per heavy atom. The van der Waals surface area contributed by atoms with Crippen LogP contribution in [-0.4, -0.2) is 0 Å². The summed E-state index contributed by atoms with van der Waals surface area (Å²) in [7, 11) is 0. The fourth-order valence-electron chi connectivity index (χ4n) is 1.98. The predicted molar refractivity (Wildman–Crippen MR) is 52.8 cm³/mol. The number of hydrogen-bond donors (Lipinski definition) is 0. The van der Waals surface area contributed by atoms with Gasteiger partial charge in [0, 0.05) is 5.02 Å². The lowest BCUT2D eigenvalue weighted by molar-refractivity contribution is 0.522. The zero-order chi connectivity index (χ0) is 8.77. The minimum absolute atomic E-state index is 0.334. The quantitative estimate of drug-likeness (QED) is 0.573. The van der Waals surface area contributed by atoms with Gasteiger partial charge < -0.3 is 0 Å². The molecule has 0 bridgehead atoms. The van der Waals surface area contributed by atoms with Crippen LogP contribution < -0.4 is 0 Å². The summed E-state index contributed by atoms with van der Waals surface area (Å²) in [5, 5.41) is 0.865. The molecule has 0 aromatic heterocycles. The molecule has 0 saturated carbocycles. The van der Waals surface area contributed by atoms with Gasteiger partial charge >= 0.3 is 0 Å². The van der Waals surface area contributed by atoms with Gasteiger partial charge in [0.05, 0.1) is 0 Å². The molecular weight excluding hydrogens is 168 g/mol. The molecule has 1 aromatic carbocycles. The van der Waals surface area contributed by atoms with Crippen LogP contribution in [0.2, 0.25) is 5.02 Å². The second-order valence-corrected chi connectivity index (χ2v) is 4.62. The molecule has 0 radical (unpaired) electrons. The molecule has 12 heavy (non-hydrogen) atoms. The van der Waals surface area contributed by atoms with Crippen molar-refractivity contribution in [3.8, 4) is 0 Å². The van der Waals surface area contributed by atoms with Gasteiger partial charge in [-0.3, -0.25) is 0 Å². The summed E-state index contributed by atoms with van der Waals surface area (Å²) in [6.07, 6.45) is 2.46. The molecule has 0 heterocycles. The molecule has 0 amide bonds. The van der Waals surface area contributed by atoms with Gasteiger partial charge in [-0.25, -0.2) is 0 Å². The van der Waals surface area contributed by atoms with E-state index < -0.39 is 0 Å². The summed E-state index contributed by atoms with van der Waals surface area (Å²) >= 11 is 5.95. The lowest BCUT2D eigenvalue weighted by atomic mass is 9.87. The average Bonchev–Trinajstić information content (AvgIpc) is 2.28. The van der Waals surface area contributed by atoms with E-state index in [1.807, 2.05) is 6.07 Å². The van der Waals surface area contributed by atoms with Gasteiger partial charge in [0.2, 0.25) is 0 Å². The Bertz CT molecular complexity index is 313. The zero-order valence-corrected chi connectivity index (χ0v) is 8.28. The normalized spacial score (nSPS) is 19.2. The molecule has 0 nitrogen and oxygen atoms in total. The molecule has 2 rings (SSSR count). The largest absolute Gasteiger partial charge is 0.0843 e. The van der Waals surface area contributed by atoms with Crippen molar-refractivity contribution in [2.75, 3.05) is 0 Å². The van der Waals surface area contributed by atoms with E-state index in [-0.39, 0.29) is 0 Å². The monoisotopic (exact) mass is 180 g/mol. The third kappa shape index (κ3) is 1.15. The van der Waals surface area contributed by atoms with Gasteiger partial charge in [-0.05, 0) is 41.5 Å². The number of benzene rings is 1. The van der Waals surface area contributed by atoms with E-state index in [1.54, 1.807) is 0 Å². The third-order valence-corrected chi connectivity index (χ3v) is 3.06. The Morgan fingerprint density at radius 2 is 2.08 bits per heavy atom. The first-order valence-electron chi connectivity index (χ1n) is 4.38. The van der Waals surface area contributed by atoms with Crippen molar-refractivity contribution in [2.24, 2.45) is 0 Å². The van der Waals surface area contributed by atoms with Gasteiger partial charge in [-0.1, -0.05) is 31.5 Å². The Balaban J connectivity index is 2.57. The molecule has 0 fully saturated rings. The molecule has 0 atom stereocenters. The van der Waals surface area contributed by atoms with Gasteiger partial charge in [0.25, 0.3) is 0 Å². The first-order valence-corrected chi connectivity index (χ1v) is 4.76. The van der Waals surface area contributed by atoms with Crippen LogP contribution in [0.3, 0.4) is 0 Å². The van der Waals surface area contributed by atoms with Gasteiger partial charge in [0.1, 0.15) is 0 Å². The number of fused-ring (bicyclic) bond motifs is 1. The first-order chi connectivity index (χ1) is 5.59. The summed E-state index contributed by atoms with van der Waals surface area (Å²) in [5.74, 6) is 0. The topological polar surface area (TPSA) is 0 Å². The highest BCUT2D eigenvalue weighted by Crippen LogP contribution is 2.39. The second kappa shape index (κ2) is 2.50. The van der Waals surface area contributed by atoms with E-state index in [0.29, 0.717) is 5.41 Å². The van der Waals surface area contributed by atoms with E-state index >= 15 is 0 Å². The molecule has 1 heteroatoms. The molecule has 64 valence electrons. The Hall–Kier alpha value is -0.490. The van der Waals surface area contributed by atoms with Crippen LogP contribution in [0.25, 0.3) is 0 Å². The second-order valence-electron chi connectivity index (χ2n) is 4.19. The standard InChI is InChI=1S/C11H13Cl/c1-11(2)6-5-8-3-4-9(12)7-10(8)11/h3-4,7H,5-6H2,1-2H3. The van der Waals surface area contributed by atoms with Crippen molar-refractivity contribution in [2.45, 2.75) is 32.1 Å². The predicted octanol–water partition coefficient (Wildman–Crippen LogP) is 3.56. The van der Waals surface area contributed by atoms with Crippen LogP contribution in [0, 0.1) is 0 Å². The molecule has 0 saturated heterocycles. The fourth-order valence-corrected chi connectivity index (χ4v) is 2.15. The van der Waals surface area contributed by atoms with E-state index in [0.717, 1.165) is 5.02 Å². The van der Waals surface area contributed by atoms with Crippen LogP contribution in [-0.2, 0) is 11.8 Å². The van der Waals surface area contributed by atoms with Crippen molar-refractivity contribution in [1.82, 2.24) is 0 Å². The molecule has 0 aliphatic heterocycles. The van der Waals surface area contributed by atoms with Crippen LogP contribution in [0.5, 0.6) is 0 Å². The maximum Gasteiger partial charge on any atom is 0.0409 e. The molecule has 1 aromatic rings. The van der Waals surface area contributed by atoms with E-state index in [2.05, 4.69) is 26.0 Å². The highest BCUT2D eigenvalue weighted by molar-refractivity contribution is 6.30. The number of hydrogen-bond acceptors (Lipinski definition) is 0. The number of aryl methyl sites for hydroxylation is 1. The fraction of sp³-hybridized carbons (Fsp3) is 0.455. The Kier molecular flexibility index (Phi) is 1.69. The Labute approximate surface area is 78.6 Å². The van der Waals surface area contributed by atoms with E-state index in [9.17, 15) is 0 Å². The average molecular weight is 181 g/mol. The summed E-state index contributed by atoms with van der Waals surface area (Å²) < 4.78 is 0. The van der Waals surface area contributed by atoms with Crippen LogP contribution >= 0.6 is 11.6 Å². The van der Waals surface area contributed by atoms with Crippen molar-refractivity contribution < 1.29 is 0 Å². The Morgan fingerprint density at radius 3 is 2.83 bits per heavy atom. The van der Waals surface area contributed by atoms with Crippen LogP contribution in [0.4, 0.5) is 0 Å². The van der Waals surface area contributed by atoms with Gasteiger partial charge in [-0.2, -0.15) is 0 Å². The SMILES string of the molecule is CC1(C)CCc2ccc(Cl)cc21. The lowest BCUT2D eigenvalue weighted by Crippen LogP contribution is -2.11. The molecule has 1 aliphatic rings. The van der Waals surface area contributed by atoms with Crippen molar-refractivity contribution in [1.29, 1.82) is 0 Å². The van der Waals surface area contributed by atoms with Gasteiger partial charge in [0.15, 0.2) is 0 Å². The summed E-state index contributed by atoms with van der Waals surface area (Å²) in [5.41, 5.74) is 3.25. The minimum Gasteiger partial charge on any atom is -0.0843 e. The zero-order valence-electron chi connectivity index (χ0n) is 7.52. The van der Waals surface area contributed by atoms with Crippen LogP contribution in [0.1, 0.15) is 31.4 Å². The summed E-state index contributed by atoms with van der Waals surface area (Å²) in [4.78, 5) is 0. The molecule has 0 spiro atoms. The minimum atomic E-state index is 0.334. The lowest BCUT2D eigenvalue weighted by Gasteiger charge is -2.18. The number of halogens is 1. The molecule has 0 N–H and O–H groups in total. The summed E-state index contributed by atoms with van der Waals surface area (Å²) in [6.45, 7) is 4.57. The summed E-state index contributed by atoms with van der Waals surface area (Å²) in [6, 6.07) is 6.26. The molecule has 0 unspecified atom stereocenters. The highest BCUT2D eigenvalue weighted by Gasteiger charge is 2.29. The highest BCUT2D eigenvalue weighted by atomic mass is 35.5. The maximum absolute atomic E-state index is 5.95. The van der Waals surface area contributed by atoms with Gasteiger partial charge in [-0.15, -0.1) is 0 Å². The van der Waals surface area contributed by atoms with Crippen molar-refractivity contribution in [3.63, 3.8) is 0 Å². The van der Waals surface area contributed by atoms with E-state index in [1.165, 1.54) is 24.0 Å². The molecular formula is C11H13Cl. The van der Waals surface area contributed by atoms with Crippen molar-refractivity contribution >= 4 is 11.6 Å². The molecule has 1 aliphatic carbocycles. The maximum atomic E-state index is 5.95.